The van der Waals surface area contributed by atoms with E-state index in [1.54, 1.807) is 6.92 Å². The molecule has 5 N–H and O–H groups in total. The van der Waals surface area contributed by atoms with Gasteiger partial charge in [0.05, 0.1) is 0 Å². The van der Waals surface area contributed by atoms with Gasteiger partial charge in [-0.05, 0) is 5.56 Å². The number of hydrogen-bond acceptors (Lipinski definition) is 3. The summed E-state index contributed by atoms with van der Waals surface area (Å²) in [6.45, 7) is 1.94. The maximum atomic E-state index is 11.7. The van der Waals surface area contributed by atoms with Crippen LogP contribution >= 0.6 is 0 Å². The monoisotopic (exact) mass is 249 g/mol. The zero-order valence-corrected chi connectivity index (χ0v) is 10.4. The topological polar surface area (TPSA) is 98.2 Å². The standard InChI is InChI=1S/C13H19N3O2/c1-9(8-14)13(18)16-11(12(15)17)7-10-5-3-2-4-6-10/h2-6,9,11H,7-8,14H2,1H3,(H2,15,17)(H,16,18). The fourth-order valence-corrected chi connectivity index (χ4v) is 1.49. The van der Waals surface area contributed by atoms with Gasteiger partial charge in [0.15, 0.2) is 0 Å². The first-order valence-electron chi connectivity index (χ1n) is 5.88. The first kappa shape index (κ1) is 14.2. The van der Waals surface area contributed by atoms with Crippen molar-refractivity contribution in [3.05, 3.63) is 35.9 Å². The minimum Gasteiger partial charge on any atom is -0.368 e. The zero-order valence-electron chi connectivity index (χ0n) is 10.4. The van der Waals surface area contributed by atoms with Crippen LogP contribution in [0.4, 0.5) is 0 Å². The van der Waals surface area contributed by atoms with Crippen molar-refractivity contribution in [3.63, 3.8) is 0 Å². The average Bonchev–Trinajstić information content (AvgIpc) is 2.37. The molecule has 0 aliphatic carbocycles. The number of carbonyl (C=O) groups is 2. The molecule has 2 amide bonds. The van der Waals surface area contributed by atoms with Crippen LogP contribution in [0.3, 0.4) is 0 Å². The summed E-state index contributed by atoms with van der Waals surface area (Å²) in [5, 5.41) is 2.62. The quantitative estimate of drug-likeness (QED) is 0.650. The van der Waals surface area contributed by atoms with Gasteiger partial charge < -0.3 is 16.8 Å². The number of amides is 2. The van der Waals surface area contributed by atoms with Gasteiger partial charge in [-0.15, -0.1) is 0 Å². The van der Waals surface area contributed by atoms with E-state index >= 15 is 0 Å². The highest BCUT2D eigenvalue weighted by molar-refractivity contribution is 5.87. The van der Waals surface area contributed by atoms with E-state index in [-0.39, 0.29) is 18.4 Å². The Morgan fingerprint density at radius 2 is 1.89 bits per heavy atom. The van der Waals surface area contributed by atoms with E-state index in [1.165, 1.54) is 0 Å². The molecular formula is C13H19N3O2. The Morgan fingerprint density at radius 3 is 2.39 bits per heavy atom. The fraction of sp³-hybridized carbons (Fsp3) is 0.385. The molecule has 0 aliphatic rings. The molecule has 5 nitrogen and oxygen atoms in total. The number of primary amides is 1. The van der Waals surface area contributed by atoms with E-state index in [0.29, 0.717) is 6.42 Å². The molecule has 0 saturated heterocycles. The minimum atomic E-state index is -0.700. The Kier molecular flexibility index (Phi) is 5.32. The molecule has 2 unspecified atom stereocenters. The van der Waals surface area contributed by atoms with Crippen molar-refractivity contribution < 1.29 is 9.59 Å². The van der Waals surface area contributed by atoms with Gasteiger partial charge >= 0.3 is 0 Å². The van der Waals surface area contributed by atoms with Crippen LogP contribution in [-0.4, -0.2) is 24.4 Å². The molecule has 0 aromatic heterocycles. The molecule has 0 fully saturated rings. The molecule has 0 aliphatic heterocycles. The van der Waals surface area contributed by atoms with Crippen molar-refractivity contribution in [2.45, 2.75) is 19.4 Å². The molecule has 5 heteroatoms. The van der Waals surface area contributed by atoms with Crippen molar-refractivity contribution >= 4 is 11.8 Å². The van der Waals surface area contributed by atoms with Crippen LogP contribution in [0.5, 0.6) is 0 Å². The van der Waals surface area contributed by atoms with Crippen molar-refractivity contribution in [1.82, 2.24) is 5.32 Å². The van der Waals surface area contributed by atoms with E-state index in [9.17, 15) is 9.59 Å². The van der Waals surface area contributed by atoms with Gasteiger partial charge in [-0.1, -0.05) is 37.3 Å². The summed E-state index contributed by atoms with van der Waals surface area (Å²) in [4.78, 5) is 23.0. The summed E-state index contributed by atoms with van der Waals surface area (Å²) in [6, 6.07) is 8.70. The molecule has 0 saturated carbocycles. The van der Waals surface area contributed by atoms with Crippen molar-refractivity contribution in [2.24, 2.45) is 17.4 Å². The Bertz CT molecular complexity index is 406. The van der Waals surface area contributed by atoms with E-state index in [4.69, 9.17) is 11.5 Å². The summed E-state index contributed by atoms with van der Waals surface area (Å²) in [6.07, 6.45) is 0.388. The molecule has 0 bridgehead atoms. The van der Waals surface area contributed by atoms with E-state index in [1.807, 2.05) is 30.3 Å². The molecule has 1 rings (SSSR count). The first-order valence-corrected chi connectivity index (χ1v) is 5.88. The van der Waals surface area contributed by atoms with Crippen LogP contribution in [-0.2, 0) is 16.0 Å². The summed E-state index contributed by atoms with van der Waals surface area (Å²) in [5.74, 6) is -1.13. The van der Waals surface area contributed by atoms with Gasteiger partial charge in [0, 0.05) is 18.9 Å². The molecule has 0 heterocycles. The third-order valence-electron chi connectivity index (χ3n) is 2.74. The lowest BCUT2D eigenvalue weighted by molar-refractivity contribution is -0.129. The summed E-state index contributed by atoms with van der Waals surface area (Å²) in [5.41, 5.74) is 11.6. The molecular weight excluding hydrogens is 230 g/mol. The summed E-state index contributed by atoms with van der Waals surface area (Å²) in [7, 11) is 0. The van der Waals surface area contributed by atoms with Gasteiger partial charge in [-0.3, -0.25) is 9.59 Å². The van der Waals surface area contributed by atoms with Crippen LogP contribution in [0.2, 0.25) is 0 Å². The second-order valence-corrected chi connectivity index (χ2v) is 4.29. The molecule has 1 aromatic carbocycles. The number of nitrogens with one attached hydrogen (secondary N) is 1. The molecule has 2 atom stereocenters. The Labute approximate surface area is 107 Å². The minimum absolute atomic E-state index is 0.239. The van der Waals surface area contributed by atoms with Crippen LogP contribution in [0.15, 0.2) is 30.3 Å². The molecule has 98 valence electrons. The third kappa shape index (κ3) is 4.18. The third-order valence-corrected chi connectivity index (χ3v) is 2.74. The van der Waals surface area contributed by atoms with E-state index in [0.717, 1.165) is 5.56 Å². The van der Waals surface area contributed by atoms with Crippen molar-refractivity contribution in [3.8, 4) is 0 Å². The number of benzene rings is 1. The van der Waals surface area contributed by atoms with Gasteiger partial charge in [-0.25, -0.2) is 0 Å². The highest BCUT2D eigenvalue weighted by atomic mass is 16.2. The number of rotatable bonds is 6. The van der Waals surface area contributed by atoms with Crippen molar-refractivity contribution in [2.75, 3.05) is 6.54 Å². The second kappa shape index (κ2) is 6.76. The predicted octanol–water partition coefficient (Wildman–Crippen LogP) is -0.206. The summed E-state index contributed by atoms with van der Waals surface area (Å²) < 4.78 is 0. The van der Waals surface area contributed by atoms with Gasteiger partial charge in [-0.2, -0.15) is 0 Å². The first-order chi connectivity index (χ1) is 8.54. The molecule has 0 spiro atoms. The zero-order chi connectivity index (χ0) is 13.5. The van der Waals surface area contributed by atoms with Crippen LogP contribution < -0.4 is 16.8 Å². The Hall–Kier alpha value is -1.88. The SMILES string of the molecule is CC(CN)C(=O)NC(Cc1ccccc1)C(N)=O. The van der Waals surface area contributed by atoms with Gasteiger partial charge in [0.25, 0.3) is 0 Å². The maximum absolute atomic E-state index is 11.7. The fourth-order valence-electron chi connectivity index (χ4n) is 1.49. The molecule has 0 radical (unpaired) electrons. The molecule has 1 aromatic rings. The predicted molar refractivity (Wildman–Crippen MR) is 69.5 cm³/mol. The highest BCUT2D eigenvalue weighted by Crippen LogP contribution is 2.04. The summed E-state index contributed by atoms with van der Waals surface area (Å²) >= 11 is 0. The average molecular weight is 249 g/mol. The largest absolute Gasteiger partial charge is 0.368 e. The number of nitrogens with two attached hydrogens (primary N) is 2. The highest BCUT2D eigenvalue weighted by Gasteiger charge is 2.21. The maximum Gasteiger partial charge on any atom is 0.240 e. The Morgan fingerprint density at radius 1 is 1.28 bits per heavy atom. The van der Waals surface area contributed by atoms with Crippen LogP contribution in [0.1, 0.15) is 12.5 Å². The smallest absolute Gasteiger partial charge is 0.240 e. The van der Waals surface area contributed by atoms with E-state index < -0.39 is 11.9 Å². The second-order valence-electron chi connectivity index (χ2n) is 4.29. The van der Waals surface area contributed by atoms with E-state index in [2.05, 4.69) is 5.32 Å². The van der Waals surface area contributed by atoms with Crippen LogP contribution in [0, 0.1) is 5.92 Å². The lowest BCUT2D eigenvalue weighted by atomic mass is 10.0. The van der Waals surface area contributed by atoms with Gasteiger partial charge in [0.1, 0.15) is 6.04 Å². The lowest BCUT2D eigenvalue weighted by Crippen LogP contribution is -2.48. The number of hydrogen-bond donors (Lipinski definition) is 3. The Balaban J connectivity index is 2.67. The lowest BCUT2D eigenvalue weighted by Gasteiger charge is -2.17. The van der Waals surface area contributed by atoms with Crippen LogP contribution in [0.25, 0.3) is 0 Å². The molecule has 18 heavy (non-hydrogen) atoms. The number of carbonyl (C=O) groups excluding carboxylic acids is 2. The van der Waals surface area contributed by atoms with Crippen molar-refractivity contribution in [1.29, 1.82) is 0 Å². The normalized spacial score (nSPS) is 13.7. The van der Waals surface area contributed by atoms with Gasteiger partial charge in [0.2, 0.25) is 11.8 Å².